The van der Waals surface area contributed by atoms with Gasteiger partial charge in [0.05, 0.1) is 0 Å². The highest BCUT2D eigenvalue weighted by Gasteiger charge is 1.96. The van der Waals surface area contributed by atoms with Crippen molar-refractivity contribution in [3.63, 3.8) is 0 Å². The van der Waals surface area contributed by atoms with Gasteiger partial charge in [-0.05, 0) is 5.21 Å². The van der Waals surface area contributed by atoms with Gasteiger partial charge in [-0.25, -0.2) is 0 Å². The fourth-order valence-corrected chi connectivity index (χ4v) is 0.389. The molecule has 0 saturated heterocycles. The molecule has 0 radical (unpaired) electrons. The topological polar surface area (TPSA) is 54.5 Å². The van der Waals surface area contributed by atoms with Crippen molar-refractivity contribution in [2.24, 2.45) is 0 Å². The zero-order valence-corrected chi connectivity index (χ0v) is 4.83. The fraction of sp³-hybridized carbons (Fsp3) is 0. The van der Waals surface area contributed by atoms with E-state index in [1.54, 1.807) is 6.08 Å². The second kappa shape index (κ2) is 2.21. The summed E-state index contributed by atoms with van der Waals surface area (Å²) in [4.78, 5) is 0. The number of hydrogen-bond acceptors (Lipinski definition) is 3. The highest BCUT2D eigenvalue weighted by molar-refractivity contribution is 5.65. The molecule has 1 aromatic heterocycles. The Morgan fingerprint density at radius 2 is 2.44 bits per heavy atom. The molecule has 0 aliphatic carbocycles. The van der Waals surface area contributed by atoms with Gasteiger partial charge in [-0.15, -0.1) is 10.2 Å². The highest BCUT2D eigenvalue weighted by atomic mass is 15.5. The van der Waals surface area contributed by atoms with Gasteiger partial charge in [0, 0.05) is 5.57 Å². The van der Waals surface area contributed by atoms with Crippen LogP contribution in [0.4, 0.5) is 0 Å². The molecule has 4 nitrogen and oxygen atoms in total. The molecule has 0 aromatic carbocycles. The van der Waals surface area contributed by atoms with E-state index in [4.69, 9.17) is 0 Å². The lowest BCUT2D eigenvalue weighted by molar-refractivity contribution is 0.881. The van der Waals surface area contributed by atoms with Crippen molar-refractivity contribution in [2.75, 3.05) is 0 Å². The van der Waals surface area contributed by atoms with Crippen molar-refractivity contribution in [1.29, 1.82) is 0 Å². The van der Waals surface area contributed by atoms with Crippen molar-refractivity contribution >= 4 is 5.57 Å². The van der Waals surface area contributed by atoms with Crippen LogP contribution in [-0.4, -0.2) is 20.6 Å². The maximum Gasteiger partial charge on any atom is 0.204 e. The molecule has 1 heterocycles. The van der Waals surface area contributed by atoms with Crippen LogP contribution in [0, 0.1) is 0 Å². The molecule has 1 aromatic rings. The Bertz CT molecular complexity index is 211. The molecule has 46 valence electrons. The molecule has 1 N–H and O–H groups in total. The number of hydrogen-bond donors (Lipinski definition) is 1. The third-order valence-electron chi connectivity index (χ3n) is 0.879. The van der Waals surface area contributed by atoms with Crippen LogP contribution in [0.15, 0.2) is 19.2 Å². The van der Waals surface area contributed by atoms with Gasteiger partial charge in [0.1, 0.15) is 0 Å². The van der Waals surface area contributed by atoms with E-state index in [2.05, 4.69) is 33.8 Å². The zero-order chi connectivity index (χ0) is 6.69. The quantitative estimate of drug-likeness (QED) is 0.577. The molecule has 0 unspecified atom stereocenters. The van der Waals surface area contributed by atoms with E-state index in [1.807, 2.05) is 0 Å². The zero-order valence-electron chi connectivity index (χ0n) is 4.83. The molecule has 0 atom stereocenters. The van der Waals surface area contributed by atoms with Crippen LogP contribution >= 0.6 is 0 Å². The predicted octanol–water partition coefficient (Wildman–Crippen LogP) is 0.399. The van der Waals surface area contributed by atoms with Crippen molar-refractivity contribution in [1.82, 2.24) is 20.6 Å². The van der Waals surface area contributed by atoms with Gasteiger partial charge in [-0.1, -0.05) is 19.2 Å². The van der Waals surface area contributed by atoms with Crippen LogP contribution in [0.2, 0.25) is 0 Å². The summed E-state index contributed by atoms with van der Waals surface area (Å²) in [6.45, 7) is 7.11. The van der Waals surface area contributed by atoms with Crippen LogP contribution in [-0.2, 0) is 0 Å². The first-order valence-electron chi connectivity index (χ1n) is 2.39. The molecule has 9 heavy (non-hydrogen) atoms. The number of aromatic amines is 1. The lowest BCUT2D eigenvalue weighted by Gasteiger charge is -1.83. The molecular formula is C5H6N4. The van der Waals surface area contributed by atoms with Crippen molar-refractivity contribution < 1.29 is 0 Å². The Balaban J connectivity index is 2.89. The number of H-pyrrole nitrogens is 1. The second-order valence-electron chi connectivity index (χ2n) is 1.46. The van der Waals surface area contributed by atoms with Crippen LogP contribution in [0.1, 0.15) is 5.82 Å². The summed E-state index contributed by atoms with van der Waals surface area (Å²) in [5.41, 5.74) is 0.670. The summed E-state index contributed by atoms with van der Waals surface area (Å²) in [6.07, 6.45) is 1.57. The Hall–Kier alpha value is -1.45. The fourth-order valence-electron chi connectivity index (χ4n) is 0.389. The first-order valence-corrected chi connectivity index (χ1v) is 2.39. The molecule has 0 bridgehead atoms. The van der Waals surface area contributed by atoms with Gasteiger partial charge < -0.3 is 0 Å². The minimum absolute atomic E-state index is 0.491. The van der Waals surface area contributed by atoms with E-state index in [9.17, 15) is 0 Å². The number of nitrogens with one attached hydrogen (secondary N) is 1. The molecule has 0 fully saturated rings. The Kier molecular flexibility index (Phi) is 1.40. The maximum absolute atomic E-state index is 3.67. The molecule has 0 aliphatic rings. The maximum atomic E-state index is 3.67. The molecule has 1 rings (SSSR count). The van der Waals surface area contributed by atoms with Gasteiger partial charge in [0.25, 0.3) is 0 Å². The van der Waals surface area contributed by atoms with Crippen LogP contribution in [0.25, 0.3) is 5.57 Å². The minimum Gasteiger partial charge on any atom is -0.177 e. The van der Waals surface area contributed by atoms with E-state index in [0.29, 0.717) is 11.4 Å². The molecule has 0 spiro atoms. The Morgan fingerprint density at radius 3 is 2.89 bits per heavy atom. The number of tetrazole rings is 1. The Morgan fingerprint density at radius 1 is 1.67 bits per heavy atom. The summed E-state index contributed by atoms with van der Waals surface area (Å²) in [7, 11) is 0. The largest absolute Gasteiger partial charge is 0.204 e. The number of nitrogens with zero attached hydrogens (tertiary/aromatic N) is 3. The summed E-state index contributed by atoms with van der Waals surface area (Å²) in [6, 6.07) is 0. The number of allylic oxidation sites excluding steroid dienone is 2. The van der Waals surface area contributed by atoms with E-state index >= 15 is 0 Å². The summed E-state index contributed by atoms with van der Waals surface area (Å²) in [5.74, 6) is 0.491. The van der Waals surface area contributed by atoms with Gasteiger partial charge in [-0.3, -0.25) is 0 Å². The third kappa shape index (κ3) is 1.02. The third-order valence-corrected chi connectivity index (χ3v) is 0.879. The van der Waals surface area contributed by atoms with Gasteiger partial charge >= 0.3 is 0 Å². The molecular weight excluding hydrogens is 116 g/mol. The number of aromatic nitrogens is 4. The van der Waals surface area contributed by atoms with Crippen molar-refractivity contribution in [3.8, 4) is 0 Å². The van der Waals surface area contributed by atoms with E-state index < -0.39 is 0 Å². The summed E-state index contributed by atoms with van der Waals surface area (Å²) in [5, 5.41) is 13.0. The van der Waals surface area contributed by atoms with Crippen LogP contribution in [0.5, 0.6) is 0 Å². The number of rotatable bonds is 2. The van der Waals surface area contributed by atoms with Gasteiger partial charge in [-0.2, -0.15) is 5.21 Å². The lowest BCUT2D eigenvalue weighted by Crippen LogP contribution is -1.80. The monoisotopic (exact) mass is 122 g/mol. The molecule has 0 amide bonds. The SMILES string of the molecule is C=CC(=C)c1nn[nH]n1. The first kappa shape index (κ1) is 5.68. The van der Waals surface area contributed by atoms with Crippen LogP contribution < -0.4 is 0 Å². The average Bonchev–Trinajstić information content (AvgIpc) is 2.37. The van der Waals surface area contributed by atoms with E-state index in [0.717, 1.165) is 0 Å². The van der Waals surface area contributed by atoms with Crippen LogP contribution in [0.3, 0.4) is 0 Å². The second-order valence-corrected chi connectivity index (χ2v) is 1.46. The smallest absolute Gasteiger partial charge is 0.177 e. The summed E-state index contributed by atoms with van der Waals surface area (Å²) < 4.78 is 0. The van der Waals surface area contributed by atoms with Gasteiger partial charge in [0.15, 0.2) is 0 Å². The first-order chi connectivity index (χ1) is 4.34. The van der Waals surface area contributed by atoms with Crippen molar-refractivity contribution in [2.45, 2.75) is 0 Å². The highest BCUT2D eigenvalue weighted by Crippen LogP contribution is 2.02. The Labute approximate surface area is 52.3 Å². The van der Waals surface area contributed by atoms with E-state index in [1.165, 1.54) is 0 Å². The lowest BCUT2D eigenvalue weighted by atomic mass is 10.3. The molecule has 0 aliphatic heterocycles. The normalized spacial score (nSPS) is 8.89. The van der Waals surface area contributed by atoms with Crippen molar-refractivity contribution in [3.05, 3.63) is 25.1 Å². The molecule has 0 saturated carbocycles. The molecule has 4 heteroatoms. The predicted molar refractivity (Wildman–Crippen MR) is 33.4 cm³/mol. The minimum atomic E-state index is 0.491. The van der Waals surface area contributed by atoms with E-state index in [-0.39, 0.29) is 0 Å². The van der Waals surface area contributed by atoms with Gasteiger partial charge in [0.2, 0.25) is 5.82 Å². The standard InChI is InChI=1S/C5H6N4/c1-3-4(2)5-6-8-9-7-5/h3H,1-2H2,(H,6,7,8,9). The summed E-state index contributed by atoms with van der Waals surface area (Å²) >= 11 is 0. The average molecular weight is 122 g/mol.